The first kappa shape index (κ1) is 14.5. The lowest BCUT2D eigenvalue weighted by atomic mass is 10.2. The highest BCUT2D eigenvalue weighted by Crippen LogP contribution is 2.33. The normalized spacial score (nSPS) is 13.8. The molecule has 3 rings (SSSR count). The lowest BCUT2D eigenvalue weighted by Crippen LogP contribution is -2.30. The third-order valence-electron chi connectivity index (χ3n) is 3.58. The highest BCUT2D eigenvalue weighted by Gasteiger charge is 2.22. The Bertz CT molecular complexity index is 643. The summed E-state index contributed by atoms with van der Waals surface area (Å²) in [5.41, 5.74) is 8.71. The van der Waals surface area contributed by atoms with Crippen molar-refractivity contribution < 1.29 is 4.79 Å². The quantitative estimate of drug-likeness (QED) is 0.876. The first-order chi connectivity index (χ1) is 10.2. The molecule has 2 heterocycles. The van der Waals surface area contributed by atoms with Crippen molar-refractivity contribution in [1.82, 2.24) is 0 Å². The van der Waals surface area contributed by atoms with Gasteiger partial charge in [-0.05, 0) is 48.9 Å². The molecule has 0 saturated carbocycles. The lowest BCUT2D eigenvalue weighted by Gasteiger charge is -2.20. The van der Waals surface area contributed by atoms with Gasteiger partial charge in [-0.15, -0.1) is 11.3 Å². The molecule has 1 aromatic carbocycles. The number of nitrogens with zero attached hydrogens (tertiary/aromatic N) is 1. The smallest absolute Gasteiger partial charge is 0.268 e. The number of rotatable bonds is 3. The molecule has 0 radical (unpaired) electrons. The van der Waals surface area contributed by atoms with E-state index in [-0.39, 0.29) is 5.91 Å². The van der Waals surface area contributed by atoms with E-state index in [9.17, 15) is 4.79 Å². The number of nitrogens with two attached hydrogens (primary N) is 1. The van der Waals surface area contributed by atoms with Crippen LogP contribution >= 0.6 is 23.1 Å². The summed E-state index contributed by atoms with van der Waals surface area (Å²) in [5, 5.41) is 0. The van der Waals surface area contributed by atoms with Crippen molar-refractivity contribution in [1.29, 1.82) is 0 Å². The zero-order valence-corrected chi connectivity index (χ0v) is 13.6. The van der Waals surface area contributed by atoms with Crippen LogP contribution in [0.5, 0.6) is 0 Å². The summed E-state index contributed by atoms with van der Waals surface area (Å²) in [7, 11) is 0. The molecular formula is C16H18N2OS2. The number of carbonyl (C=O) groups excluding carboxylic acids is 1. The van der Waals surface area contributed by atoms with Gasteiger partial charge in [0, 0.05) is 28.5 Å². The number of nitrogen functional groups attached to an aromatic ring is 1. The highest BCUT2D eigenvalue weighted by molar-refractivity contribution is 7.98. The third kappa shape index (κ3) is 2.94. The summed E-state index contributed by atoms with van der Waals surface area (Å²) in [4.78, 5) is 16.8. The molecule has 1 aliphatic heterocycles. The van der Waals surface area contributed by atoms with E-state index in [0.717, 1.165) is 28.5 Å². The molecule has 1 aromatic heterocycles. The average Bonchev–Trinajstić information content (AvgIpc) is 2.92. The number of thioether (sulfide) groups is 1. The van der Waals surface area contributed by atoms with E-state index in [1.54, 1.807) is 16.2 Å². The van der Waals surface area contributed by atoms with E-state index < -0.39 is 0 Å². The van der Waals surface area contributed by atoms with Crippen LogP contribution in [0.25, 0.3) is 0 Å². The molecule has 0 saturated heterocycles. The van der Waals surface area contributed by atoms with Gasteiger partial charge in [0.05, 0.1) is 4.88 Å². The Kier molecular flexibility index (Phi) is 4.22. The van der Waals surface area contributed by atoms with Crippen molar-refractivity contribution in [2.24, 2.45) is 0 Å². The van der Waals surface area contributed by atoms with Gasteiger partial charge in [-0.3, -0.25) is 4.79 Å². The number of carbonyl (C=O) groups is 1. The fraction of sp³-hybridized carbons (Fsp3) is 0.312. The van der Waals surface area contributed by atoms with E-state index in [1.165, 1.54) is 10.4 Å². The Balaban J connectivity index is 1.90. The predicted molar refractivity (Wildman–Crippen MR) is 92.4 cm³/mol. The molecular weight excluding hydrogens is 300 g/mol. The first-order valence-electron chi connectivity index (χ1n) is 7.05. The molecule has 0 bridgehead atoms. The largest absolute Gasteiger partial charge is 0.399 e. The number of hydrogen-bond donors (Lipinski definition) is 1. The van der Waals surface area contributed by atoms with E-state index in [0.29, 0.717) is 12.2 Å². The van der Waals surface area contributed by atoms with E-state index >= 15 is 0 Å². The van der Waals surface area contributed by atoms with E-state index in [2.05, 4.69) is 6.07 Å². The maximum Gasteiger partial charge on any atom is 0.268 e. The molecule has 0 spiro atoms. The minimum Gasteiger partial charge on any atom is -0.399 e. The molecule has 0 aliphatic carbocycles. The Hall–Kier alpha value is -1.46. The Morgan fingerprint density at radius 3 is 2.95 bits per heavy atom. The van der Waals surface area contributed by atoms with Crippen LogP contribution in [0.2, 0.25) is 0 Å². The van der Waals surface area contributed by atoms with Gasteiger partial charge in [-0.25, -0.2) is 0 Å². The number of amides is 1. The standard InChI is InChI=1S/C16H18N2OS2/c1-2-18(13-5-3-4-12(17)9-13)16(19)15-8-11-10-20-7-6-14(11)21-15/h3-5,8-9H,2,6-7,10,17H2,1H3. The van der Waals surface area contributed by atoms with Crippen molar-refractivity contribution >= 4 is 40.4 Å². The Morgan fingerprint density at radius 2 is 2.24 bits per heavy atom. The molecule has 0 atom stereocenters. The third-order valence-corrected chi connectivity index (χ3v) is 5.81. The minimum absolute atomic E-state index is 0.0764. The predicted octanol–water partition coefficient (Wildman–Crippen LogP) is 3.79. The summed E-state index contributed by atoms with van der Waals surface area (Å²) in [5.74, 6) is 2.27. The van der Waals surface area contributed by atoms with Crippen molar-refractivity contribution in [2.75, 3.05) is 22.9 Å². The fourth-order valence-corrected chi connectivity index (χ4v) is 4.84. The Morgan fingerprint density at radius 1 is 1.38 bits per heavy atom. The van der Waals surface area contributed by atoms with Gasteiger partial charge in [-0.2, -0.15) is 11.8 Å². The molecule has 110 valence electrons. The molecule has 0 unspecified atom stereocenters. The van der Waals surface area contributed by atoms with Gasteiger partial charge in [0.2, 0.25) is 0 Å². The molecule has 5 heteroatoms. The summed E-state index contributed by atoms with van der Waals surface area (Å²) < 4.78 is 0. The summed E-state index contributed by atoms with van der Waals surface area (Å²) in [6, 6.07) is 9.58. The molecule has 2 aromatic rings. The topological polar surface area (TPSA) is 46.3 Å². The second kappa shape index (κ2) is 6.12. The van der Waals surface area contributed by atoms with Gasteiger partial charge in [0.15, 0.2) is 0 Å². The number of anilines is 2. The molecule has 2 N–H and O–H groups in total. The van der Waals surface area contributed by atoms with Crippen LogP contribution < -0.4 is 10.6 Å². The lowest BCUT2D eigenvalue weighted by molar-refractivity contribution is 0.0992. The van der Waals surface area contributed by atoms with Gasteiger partial charge in [-0.1, -0.05) is 6.07 Å². The highest BCUT2D eigenvalue weighted by atomic mass is 32.2. The number of aryl methyl sites for hydroxylation is 1. The van der Waals surface area contributed by atoms with Gasteiger partial charge < -0.3 is 10.6 Å². The van der Waals surface area contributed by atoms with Crippen LogP contribution in [0.4, 0.5) is 11.4 Å². The minimum atomic E-state index is 0.0764. The van der Waals surface area contributed by atoms with Crippen LogP contribution in [0.1, 0.15) is 27.0 Å². The van der Waals surface area contributed by atoms with Crippen molar-refractivity contribution in [2.45, 2.75) is 19.1 Å². The fourth-order valence-electron chi connectivity index (χ4n) is 2.52. The summed E-state index contributed by atoms with van der Waals surface area (Å²) in [6.07, 6.45) is 1.09. The van der Waals surface area contributed by atoms with Crippen molar-refractivity contribution in [3.63, 3.8) is 0 Å². The maximum atomic E-state index is 12.8. The number of thiophene rings is 1. The van der Waals surface area contributed by atoms with Crippen LogP contribution in [-0.2, 0) is 12.2 Å². The van der Waals surface area contributed by atoms with E-state index in [4.69, 9.17) is 5.73 Å². The van der Waals surface area contributed by atoms with Crippen LogP contribution in [0, 0.1) is 0 Å². The SMILES string of the molecule is CCN(C(=O)c1cc2c(s1)CCSC2)c1cccc(N)c1. The van der Waals surface area contributed by atoms with Crippen molar-refractivity contribution in [3.05, 3.63) is 45.6 Å². The van der Waals surface area contributed by atoms with E-state index in [1.807, 2.05) is 43.0 Å². The monoisotopic (exact) mass is 318 g/mol. The van der Waals surface area contributed by atoms with Gasteiger partial charge >= 0.3 is 0 Å². The van der Waals surface area contributed by atoms with Crippen LogP contribution in [0.15, 0.2) is 30.3 Å². The van der Waals surface area contributed by atoms with Crippen molar-refractivity contribution in [3.8, 4) is 0 Å². The number of fused-ring (bicyclic) bond motifs is 1. The van der Waals surface area contributed by atoms with Crippen LogP contribution in [0.3, 0.4) is 0 Å². The molecule has 0 fully saturated rings. The summed E-state index contributed by atoms with van der Waals surface area (Å²) in [6.45, 7) is 2.63. The van der Waals surface area contributed by atoms with Gasteiger partial charge in [0.25, 0.3) is 5.91 Å². The number of hydrogen-bond acceptors (Lipinski definition) is 4. The molecule has 1 amide bonds. The number of benzene rings is 1. The zero-order valence-electron chi connectivity index (χ0n) is 12.0. The molecule has 3 nitrogen and oxygen atoms in total. The van der Waals surface area contributed by atoms with Gasteiger partial charge in [0.1, 0.15) is 0 Å². The first-order valence-corrected chi connectivity index (χ1v) is 9.03. The molecule has 21 heavy (non-hydrogen) atoms. The second-order valence-electron chi connectivity index (χ2n) is 5.01. The zero-order chi connectivity index (χ0) is 14.8. The molecule has 1 aliphatic rings. The average molecular weight is 318 g/mol. The maximum absolute atomic E-state index is 12.8. The summed E-state index contributed by atoms with van der Waals surface area (Å²) >= 11 is 3.59. The second-order valence-corrected chi connectivity index (χ2v) is 7.25. The Labute approximate surface area is 133 Å². The van der Waals surface area contributed by atoms with Crippen LogP contribution in [-0.4, -0.2) is 18.2 Å².